The molecule has 0 aliphatic rings. The molecule has 0 saturated carbocycles. The van der Waals surface area contributed by atoms with Crippen molar-refractivity contribution in [2.24, 2.45) is 5.10 Å². The lowest BCUT2D eigenvalue weighted by Crippen LogP contribution is -1.91. The van der Waals surface area contributed by atoms with Crippen molar-refractivity contribution in [1.82, 2.24) is 4.98 Å². The summed E-state index contributed by atoms with van der Waals surface area (Å²) in [4.78, 5) is 4.08. The van der Waals surface area contributed by atoms with Crippen molar-refractivity contribution < 1.29 is 4.42 Å². The maximum atomic E-state index is 8.99. The third-order valence-electron chi connectivity index (χ3n) is 2.52. The zero-order valence-electron chi connectivity index (χ0n) is 11.1. The van der Waals surface area contributed by atoms with Crippen LogP contribution in [0.15, 0.2) is 33.8 Å². The van der Waals surface area contributed by atoms with E-state index in [0.717, 1.165) is 5.56 Å². The predicted octanol–water partition coefficient (Wildman–Crippen LogP) is 3.77. The van der Waals surface area contributed by atoms with Gasteiger partial charge in [0.15, 0.2) is 0 Å². The quantitative estimate of drug-likeness (QED) is 0.686. The Morgan fingerprint density at radius 1 is 1.45 bits per heavy atom. The van der Waals surface area contributed by atoms with Crippen LogP contribution in [0.4, 0.5) is 5.88 Å². The predicted molar refractivity (Wildman–Crippen MR) is 78.0 cm³/mol. The molecule has 0 aliphatic heterocycles. The first-order chi connectivity index (χ1) is 9.61. The molecule has 0 aliphatic carbocycles. The van der Waals surface area contributed by atoms with Crippen LogP contribution in [-0.4, -0.2) is 11.2 Å². The number of hydrogen-bond donors (Lipinski definition) is 1. The fourth-order valence-corrected chi connectivity index (χ4v) is 1.66. The highest BCUT2D eigenvalue weighted by Crippen LogP contribution is 2.22. The van der Waals surface area contributed by atoms with E-state index in [2.05, 4.69) is 15.5 Å². The Bertz CT molecular complexity index is 670. The number of hydrogen-bond acceptors (Lipinski definition) is 5. The first-order valence-corrected chi connectivity index (χ1v) is 6.44. The minimum Gasteiger partial charge on any atom is -0.422 e. The Morgan fingerprint density at radius 3 is 2.85 bits per heavy atom. The van der Waals surface area contributed by atoms with Gasteiger partial charge >= 0.3 is 0 Å². The SMILES string of the molecule is CC(C)c1nc(C#N)c(N/N=C/c2ccccc2Cl)o1. The topological polar surface area (TPSA) is 74.2 Å². The van der Waals surface area contributed by atoms with Gasteiger partial charge in [0.05, 0.1) is 6.21 Å². The second-order valence-electron chi connectivity index (χ2n) is 4.39. The maximum absolute atomic E-state index is 8.99. The van der Waals surface area contributed by atoms with Crippen LogP contribution >= 0.6 is 11.6 Å². The number of nitriles is 1. The fourth-order valence-electron chi connectivity index (χ4n) is 1.48. The first-order valence-electron chi connectivity index (χ1n) is 6.06. The molecule has 0 fully saturated rings. The monoisotopic (exact) mass is 288 g/mol. The van der Waals surface area contributed by atoms with E-state index in [1.807, 2.05) is 38.1 Å². The van der Waals surface area contributed by atoms with Crippen molar-refractivity contribution in [1.29, 1.82) is 5.26 Å². The molecule has 5 nitrogen and oxygen atoms in total. The molecule has 0 spiro atoms. The van der Waals surface area contributed by atoms with Gasteiger partial charge in [-0.3, -0.25) is 0 Å². The zero-order valence-corrected chi connectivity index (χ0v) is 11.8. The Morgan fingerprint density at radius 2 is 2.20 bits per heavy atom. The summed E-state index contributed by atoms with van der Waals surface area (Å²) in [5.41, 5.74) is 3.63. The van der Waals surface area contributed by atoms with E-state index in [9.17, 15) is 0 Å². The van der Waals surface area contributed by atoms with E-state index in [1.54, 1.807) is 12.3 Å². The van der Waals surface area contributed by atoms with Crippen LogP contribution in [0.3, 0.4) is 0 Å². The minimum atomic E-state index is 0.102. The van der Waals surface area contributed by atoms with E-state index in [1.165, 1.54) is 0 Å². The highest BCUT2D eigenvalue weighted by Gasteiger charge is 2.14. The van der Waals surface area contributed by atoms with Gasteiger partial charge in [-0.2, -0.15) is 10.4 Å². The Hall–Kier alpha value is -2.32. The molecule has 0 unspecified atom stereocenters. The molecule has 6 heteroatoms. The Balaban J connectivity index is 2.15. The molecule has 2 aromatic rings. The van der Waals surface area contributed by atoms with Gasteiger partial charge in [-0.1, -0.05) is 43.6 Å². The molecule has 1 N–H and O–H groups in total. The molecule has 0 amide bonds. The average molecular weight is 289 g/mol. The molecular formula is C14H13ClN4O. The van der Waals surface area contributed by atoms with Crippen LogP contribution in [0.2, 0.25) is 5.02 Å². The molecule has 102 valence electrons. The number of halogens is 1. The van der Waals surface area contributed by atoms with E-state index >= 15 is 0 Å². The van der Waals surface area contributed by atoms with Gasteiger partial charge in [0.2, 0.25) is 11.6 Å². The zero-order chi connectivity index (χ0) is 14.5. The van der Waals surface area contributed by atoms with Crippen molar-refractivity contribution in [3.05, 3.63) is 46.4 Å². The number of rotatable bonds is 4. The number of oxazole rings is 1. The maximum Gasteiger partial charge on any atom is 0.252 e. The van der Waals surface area contributed by atoms with Gasteiger partial charge in [0.25, 0.3) is 5.88 Å². The highest BCUT2D eigenvalue weighted by atomic mass is 35.5. The van der Waals surface area contributed by atoms with Gasteiger partial charge in [-0.25, -0.2) is 10.4 Å². The van der Waals surface area contributed by atoms with Crippen LogP contribution in [0.25, 0.3) is 0 Å². The minimum absolute atomic E-state index is 0.102. The van der Waals surface area contributed by atoms with Gasteiger partial charge in [-0.15, -0.1) is 0 Å². The summed E-state index contributed by atoms with van der Waals surface area (Å²) in [5.74, 6) is 0.835. The molecule has 0 atom stereocenters. The Labute approximate surface area is 121 Å². The number of anilines is 1. The molecule has 1 heterocycles. The van der Waals surface area contributed by atoms with Crippen LogP contribution < -0.4 is 5.43 Å². The van der Waals surface area contributed by atoms with E-state index < -0.39 is 0 Å². The standard InChI is InChI=1S/C14H13ClN4O/c1-9(2)13-18-12(7-16)14(20-13)19-17-8-10-5-3-4-6-11(10)15/h3-6,8-9,19H,1-2H3/b17-8+. The first kappa shape index (κ1) is 14.1. The molecule has 0 bridgehead atoms. The summed E-state index contributed by atoms with van der Waals surface area (Å²) >= 11 is 6.00. The summed E-state index contributed by atoms with van der Waals surface area (Å²) in [6, 6.07) is 9.27. The third kappa shape index (κ3) is 3.16. The second-order valence-corrected chi connectivity index (χ2v) is 4.80. The fraction of sp³-hybridized carbons (Fsp3) is 0.214. The van der Waals surface area contributed by atoms with Crippen LogP contribution in [0.5, 0.6) is 0 Å². The van der Waals surface area contributed by atoms with Crippen LogP contribution in [-0.2, 0) is 0 Å². The van der Waals surface area contributed by atoms with Crippen molar-refractivity contribution in [2.45, 2.75) is 19.8 Å². The number of nitrogens with zero attached hydrogens (tertiary/aromatic N) is 3. The number of nitrogens with one attached hydrogen (secondary N) is 1. The molecule has 0 radical (unpaired) electrons. The number of aromatic nitrogens is 1. The molecule has 2 rings (SSSR count). The molecule has 1 aromatic carbocycles. The lowest BCUT2D eigenvalue weighted by molar-refractivity contribution is 0.481. The molecular weight excluding hydrogens is 276 g/mol. The van der Waals surface area contributed by atoms with Crippen LogP contribution in [0.1, 0.15) is 36.9 Å². The molecule has 0 saturated heterocycles. The smallest absolute Gasteiger partial charge is 0.252 e. The number of hydrazone groups is 1. The second kappa shape index (κ2) is 6.22. The van der Waals surface area contributed by atoms with Gasteiger partial charge in [-0.05, 0) is 6.07 Å². The van der Waals surface area contributed by atoms with Crippen molar-refractivity contribution in [3.63, 3.8) is 0 Å². The van der Waals surface area contributed by atoms with E-state index in [-0.39, 0.29) is 17.5 Å². The lowest BCUT2D eigenvalue weighted by atomic mass is 10.2. The van der Waals surface area contributed by atoms with Crippen molar-refractivity contribution >= 4 is 23.7 Å². The van der Waals surface area contributed by atoms with Crippen LogP contribution in [0, 0.1) is 11.3 Å². The summed E-state index contributed by atoms with van der Waals surface area (Å²) in [6.45, 7) is 3.87. The van der Waals surface area contributed by atoms with Crippen molar-refractivity contribution in [2.75, 3.05) is 5.43 Å². The van der Waals surface area contributed by atoms with Gasteiger partial charge in [0.1, 0.15) is 6.07 Å². The summed E-state index contributed by atoms with van der Waals surface area (Å²) in [5, 5.41) is 13.6. The van der Waals surface area contributed by atoms with Gasteiger partial charge in [0, 0.05) is 16.5 Å². The largest absolute Gasteiger partial charge is 0.422 e. The average Bonchev–Trinajstić information content (AvgIpc) is 2.84. The highest BCUT2D eigenvalue weighted by molar-refractivity contribution is 6.33. The lowest BCUT2D eigenvalue weighted by Gasteiger charge is -1.98. The normalized spacial score (nSPS) is 10.9. The molecule has 20 heavy (non-hydrogen) atoms. The van der Waals surface area contributed by atoms with Crippen molar-refractivity contribution in [3.8, 4) is 6.07 Å². The molecule has 1 aromatic heterocycles. The summed E-state index contributed by atoms with van der Waals surface area (Å²) in [6.07, 6.45) is 1.56. The van der Waals surface area contributed by atoms with Gasteiger partial charge < -0.3 is 4.42 Å². The number of benzene rings is 1. The third-order valence-corrected chi connectivity index (χ3v) is 2.86. The summed E-state index contributed by atoms with van der Waals surface area (Å²) < 4.78 is 5.44. The van der Waals surface area contributed by atoms with E-state index in [0.29, 0.717) is 10.9 Å². The Kier molecular flexibility index (Phi) is 4.38. The summed E-state index contributed by atoms with van der Waals surface area (Å²) in [7, 11) is 0. The van der Waals surface area contributed by atoms with E-state index in [4.69, 9.17) is 21.3 Å².